The van der Waals surface area contributed by atoms with Gasteiger partial charge in [-0.25, -0.2) is 4.79 Å². The van der Waals surface area contributed by atoms with Crippen LogP contribution in [0.2, 0.25) is 0 Å². The number of carbonyl (C=O) groups is 1. The first-order valence-electron chi connectivity index (χ1n) is 8.01. The number of hydrogen-bond acceptors (Lipinski definition) is 3. The van der Waals surface area contributed by atoms with Crippen LogP contribution in [0.15, 0.2) is 18.3 Å². The number of hydrogen-bond donors (Lipinski definition) is 3. The number of amides is 2. The first-order chi connectivity index (χ1) is 10.3. The molecular formula is C17H29N3O2. The number of aryl methyl sites for hydroxylation is 1. The van der Waals surface area contributed by atoms with Crippen molar-refractivity contribution < 1.29 is 9.90 Å². The maximum atomic E-state index is 12.2. The van der Waals surface area contributed by atoms with Gasteiger partial charge in [-0.15, -0.1) is 0 Å². The van der Waals surface area contributed by atoms with Gasteiger partial charge >= 0.3 is 6.03 Å². The Bertz CT molecular complexity index is 485. The molecule has 0 aliphatic carbocycles. The van der Waals surface area contributed by atoms with Crippen LogP contribution in [0.3, 0.4) is 0 Å². The normalized spacial score (nSPS) is 13.0. The summed E-state index contributed by atoms with van der Waals surface area (Å²) in [7, 11) is 0. The van der Waals surface area contributed by atoms with E-state index in [4.69, 9.17) is 0 Å². The zero-order valence-corrected chi connectivity index (χ0v) is 14.3. The van der Waals surface area contributed by atoms with Crippen LogP contribution in [0, 0.1) is 12.8 Å². The van der Waals surface area contributed by atoms with Gasteiger partial charge in [0.1, 0.15) is 0 Å². The Hall–Kier alpha value is -1.62. The highest BCUT2D eigenvalue weighted by atomic mass is 16.3. The van der Waals surface area contributed by atoms with Crippen LogP contribution < -0.4 is 10.6 Å². The highest BCUT2D eigenvalue weighted by Crippen LogP contribution is 2.22. The summed E-state index contributed by atoms with van der Waals surface area (Å²) < 4.78 is 0. The van der Waals surface area contributed by atoms with Crippen molar-refractivity contribution in [3.8, 4) is 0 Å². The Balaban J connectivity index is 2.72. The number of carbonyl (C=O) groups excluding carboxylic acids is 1. The van der Waals surface area contributed by atoms with Gasteiger partial charge in [0.2, 0.25) is 0 Å². The van der Waals surface area contributed by atoms with Gasteiger partial charge in [0.25, 0.3) is 0 Å². The average Bonchev–Trinajstić information content (AvgIpc) is 2.51. The average molecular weight is 307 g/mol. The quantitative estimate of drug-likeness (QED) is 0.725. The second kappa shape index (κ2) is 8.13. The number of nitrogens with zero attached hydrogens (tertiary/aromatic N) is 1. The van der Waals surface area contributed by atoms with Gasteiger partial charge in [-0.2, -0.15) is 0 Å². The van der Waals surface area contributed by atoms with Crippen LogP contribution in [-0.2, 0) is 0 Å². The third kappa shape index (κ3) is 4.98. The highest BCUT2D eigenvalue weighted by molar-refractivity contribution is 5.74. The van der Waals surface area contributed by atoms with Crippen LogP contribution in [-0.4, -0.2) is 28.3 Å². The fraction of sp³-hybridized carbons (Fsp3) is 0.647. The summed E-state index contributed by atoms with van der Waals surface area (Å²) in [6, 6.07) is 3.45. The largest absolute Gasteiger partial charge is 0.388 e. The van der Waals surface area contributed by atoms with E-state index in [1.807, 2.05) is 46.8 Å². The van der Waals surface area contributed by atoms with Crippen molar-refractivity contribution in [1.29, 1.82) is 0 Å². The number of pyridine rings is 1. The lowest BCUT2D eigenvalue weighted by atomic mass is 9.97. The van der Waals surface area contributed by atoms with E-state index in [9.17, 15) is 9.90 Å². The summed E-state index contributed by atoms with van der Waals surface area (Å²) >= 11 is 0. The van der Waals surface area contributed by atoms with Gasteiger partial charge in [0.15, 0.2) is 0 Å². The van der Waals surface area contributed by atoms with Gasteiger partial charge in [-0.3, -0.25) is 4.98 Å². The molecule has 0 bridgehead atoms. The minimum absolute atomic E-state index is 0.155. The SMILES string of the molecule is CCC(O)(CC)CNC(=O)NC(c1ncccc1C)C(C)C. The minimum atomic E-state index is -0.842. The van der Waals surface area contributed by atoms with Crippen LogP contribution in [0.5, 0.6) is 0 Å². The van der Waals surface area contributed by atoms with Crippen LogP contribution in [0.4, 0.5) is 4.79 Å². The third-order valence-electron chi connectivity index (χ3n) is 4.19. The molecule has 5 heteroatoms. The van der Waals surface area contributed by atoms with Crippen LogP contribution >= 0.6 is 0 Å². The first kappa shape index (κ1) is 18.4. The van der Waals surface area contributed by atoms with E-state index < -0.39 is 5.60 Å². The lowest BCUT2D eigenvalue weighted by molar-refractivity contribution is 0.0348. The molecule has 0 aromatic carbocycles. The van der Waals surface area contributed by atoms with E-state index in [1.54, 1.807) is 6.20 Å². The van der Waals surface area contributed by atoms with Gasteiger partial charge in [-0.05, 0) is 37.3 Å². The van der Waals surface area contributed by atoms with E-state index in [-0.39, 0.29) is 24.5 Å². The molecule has 1 heterocycles. The Morgan fingerprint density at radius 3 is 2.50 bits per heavy atom. The molecule has 0 radical (unpaired) electrons. The summed E-state index contributed by atoms with van der Waals surface area (Å²) in [5, 5.41) is 16.0. The third-order valence-corrected chi connectivity index (χ3v) is 4.19. The van der Waals surface area contributed by atoms with E-state index in [0.717, 1.165) is 11.3 Å². The second-order valence-electron chi connectivity index (χ2n) is 6.19. The highest BCUT2D eigenvalue weighted by Gasteiger charge is 2.25. The lowest BCUT2D eigenvalue weighted by Crippen LogP contribution is -2.47. The van der Waals surface area contributed by atoms with Gasteiger partial charge in [0, 0.05) is 12.7 Å². The Morgan fingerprint density at radius 2 is 2.00 bits per heavy atom. The van der Waals surface area contributed by atoms with Crippen molar-refractivity contribution in [2.75, 3.05) is 6.54 Å². The van der Waals surface area contributed by atoms with E-state index in [0.29, 0.717) is 12.8 Å². The standard InChI is InChI=1S/C17H29N3O2/c1-6-17(22,7-2)11-19-16(21)20-14(12(3)4)15-13(5)9-8-10-18-15/h8-10,12,14,22H,6-7,11H2,1-5H3,(H2,19,20,21). The monoisotopic (exact) mass is 307 g/mol. The molecule has 124 valence electrons. The number of nitrogens with one attached hydrogen (secondary N) is 2. The molecule has 0 fully saturated rings. The molecule has 0 spiro atoms. The number of aromatic nitrogens is 1. The maximum absolute atomic E-state index is 12.2. The van der Waals surface area contributed by atoms with Gasteiger partial charge < -0.3 is 15.7 Å². The molecule has 1 unspecified atom stereocenters. The fourth-order valence-electron chi connectivity index (χ4n) is 2.31. The lowest BCUT2D eigenvalue weighted by Gasteiger charge is -2.27. The van der Waals surface area contributed by atoms with E-state index in [2.05, 4.69) is 15.6 Å². The molecule has 1 atom stereocenters. The van der Waals surface area contributed by atoms with Gasteiger partial charge in [-0.1, -0.05) is 33.8 Å². The predicted octanol–water partition coefficient (Wildman–Crippen LogP) is 2.94. The Labute approximate surface area is 133 Å². The zero-order valence-electron chi connectivity index (χ0n) is 14.3. The maximum Gasteiger partial charge on any atom is 0.315 e. The molecule has 1 aromatic heterocycles. The Kier molecular flexibility index (Phi) is 6.81. The Morgan fingerprint density at radius 1 is 1.36 bits per heavy atom. The molecular weight excluding hydrogens is 278 g/mol. The summed E-state index contributed by atoms with van der Waals surface area (Å²) in [4.78, 5) is 16.6. The number of urea groups is 1. The molecule has 0 aliphatic heterocycles. The first-order valence-corrected chi connectivity index (χ1v) is 8.01. The molecule has 0 saturated carbocycles. The van der Waals surface area contributed by atoms with Crippen molar-refractivity contribution in [3.63, 3.8) is 0 Å². The molecule has 0 aliphatic rings. The second-order valence-corrected chi connectivity index (χ2v) is 6.19. The van der Waals surface area contributed by atoms with Crippen LogP contribution in [0.1, 0.15) is 57.8 Å². The van der Waals surface area contributed by atoms with Crippen molar-refractivity contribution in [1.82, 2.24) is 15.6 Å². The van der Waals surface area contributed by atoms with E-state index in [1.165, 1.54) is 0 Å². The number of aliphatic hydroxyl groups is 1. The van der Waals surface area contributed by atoms with Crippen molar-refractivity contribution in [2.24, 2.45) is 5.92 Å². The molecule has 2 amide bonds. The smallest absolute Gasteiger partial charge is 0.315 e. The van der Waals surface area contributed by atoms with Crippen molar-refractivity contribution in [2.45, 2.75) is 59.1 Å². The molecule has 1 aromatic rings. The van der Waals surface area contributed by atoms with Crippen LogP contribution in [0.25, 0.3) is 0 Å². The predicted molar refractivity (Wildman–Crippen MR) is 88.6 cm³/mol. The van der Waals surface area contributed by atoms with E-state index >= 15 is 0 Å². The molecule has 5 nitrogen and oxygen atoms in total. The molecule has 1 rings (SSSR count). The number of rotatable bonds is 7. The van der Waals surface area contributed by atoms with Crippen molar-refractivity contribution >= 4 is 6.03 Å². The van der Waals surface area contributed by atoms with Gasteiger partial charge in [0.05, 0.1) is 17.3 Å². The molecule has 0 saturated heterocycles. The summed E-state index contributed by atoms with van der Waals surface area (Å²) in [5.74, 6) is 0.218. The topological polar surface area (TPSA) is 74.2 Å². The zero-order chi connectivity index (χ0) is 16.8. The summed E-state index contributed by atoms with van der Waals surface area (Å²) in [6.07, 6.45) is 2.96. The summed E-state index contributed by atoms with van der Waals surface area (Å²) in [5.41, 5.74) is 1.10. The van der Waals surface area contributed by atoms with Crippen molar-refractivity contribution in [3.05, 3.63) is 29.6 Å². The fourth-order valence-corrected chi connectivity index (χ4v) is 2.31. The summed E-state index contributed by atoms with van der Waals surface area (Å²) in [6.45, 7) is 10.2. The molecule has 3 N–H and O–H groups in total. The molecule has 22 heavy (non-hydrogen) atoms. The minimum Gasteiger partial charge on any atom is -0.388 e.